The highest BCUT2D eigenvalue weighted by molar-refractivity contribution is 5.94. The summed E-state index contributed by atoms with van der Waals surface area (Å²) >= 11 is 0. The zero-order chi connectivity index (χ0) is 25.7. The monoisotopic (exact) mass is 491 g/mol. The van der Waals surface area contributed by atoms with Crippen LogP contribution >= 0.6 is 0 Å². The third-order valence-corrected chi connectivity index (χ3v) is 6.95. The largest absolute Gasteiger partial charge is 0.386 e. The van der Waals surface area contributed by atoms with Crippen LogP contribution in [0.1, 0.15) is 48.4 Å². The molecule has 0 saturated heterocycles. The van der Waals surface area contributed by atoms with E-state index in [1.807, 2.05) is 64.9 Å². The predicted octanol–water partition coefficient (Wildman–Crippen LogP) is 5.63. The molecule has 0 amide bonds. The lowest BCUT2D eigenvalue weighted by Gasteiger charge is -2.10. The number of rotatable bonds is 6. The number of pyridine rings is 1. The first-order valence-electron chi connectivity index (χ1n) is 12.5. The SMILES string of the molecule is Cc1nc2[nH]ncc2cc1-n1nc(-c2cccc3nn(C[C@H](O)c4ccccc4)cc23)c(C(C)C)c1C. The fourth-order valence-corrected chi connectivity index (χ4v) is 5.16. The maximum atomic E-state index is 10.8. The van der Waals surface area contributed by atoms with E-state index in [4.69, 9.17) is 15.2 Å². The molecule has 4 aromatic heterocycles. The molecule has 0 radical (unpaired) electrons. The van der Waals surface area contributed by atoms with E-state index in [-0.39, 0.29) is 5.92 Å². The quantitative estimate of drug-likeness (QED) is 0.314. The molecule has 6 aromatic rings. The summed E-state index contributed by atoms with van der Waals surface area (Å²) < 4.78 is 3.83. The van der Waals surface area contributed by atoms with Crippen molar-refractivity contribution in [1.29, 1.82) is 0 Å². The van der Waals surface area contributed by atoms with Crippen LogP contribution in [0.2, 0.25) is 0 Å². The number of aliphatic hydroxyl groups excluding tert-OH is 1. The molecule has 0 aliphatic carbocycles. The molecule has 0 spiro atoms. The van der Waals surface area contributed by atoms with E-state index in [1.54, 1.807) is 6.20 Å². The number of aromatic nitrogens is 7. The molecule has 6 rings (SSSR count). The van der Waals surface area contributed by atoms with Crippen LogP contribution < -0.4 is 0 Å². The minimum Gasteiger partial charge on any atom is -0.386 e. The molecular formula is C29H29N7O. The van der Waals surface area contributed by atoms with Crippen molar-refractivity contribution >= 4 is 21.9 Å². The standard InChI is InChI=1S/C29H29N7O/c1-17(2)27-19(4)36(25-13-21-14-30-32-29(21)31-18(25)3)34-28(27)22-11-8-12-24-23(22)15-35(33-24)16-26(37)20-9-6-5-7-10-20/h5-15,17,26,37H,16H2,1-4H3,(H,30,31,32)/t26-/m0/s1. The van der Waals surface area contributed by atoms with Crippen LogP contribution in [0.25, 0.3) is 38.9 Å². The summed E-state index contributed by atoms with van der Waals surface area (Å²) in [5.41, 5.74) is 8.57. The average Bonchev–Trinajstić information content (AvgIpc) is 3.60. The van der Waals surface area contributed by atoms with Crippen molar-refractivity contribution in [2.45, 2.75) is 46.3 Å². The van der Waals surface area contributed by atoms with E-state index in [0.717, 1.165) is 55.8 Å². The smallest absolute Gasteiger partial charge is 0.155 e. The van der Waals surface area contributed by atoms with Gasteiger partial charge in [-0.05, 0) is 37.5 Å². The second-order valence-corrected chi connectivity index (χ2v) is 9.83. The molecule has 2 N–H and O–H groups in total. The topological polar surface area (TPSA) is 97.4 Å². The first kappa shape index (κ1) is 23.1. The Balaban J connectivity index is 1.46. The normalized spacial score (nSPS) is 12.7. The van der Waals surface area contributed by atoms with Gasteiger partial charge in [-0.25, -0.2) is 9.67 Å². The van der Waals surface area contributed by atoms with Gasteiger partial charge in [0, 0.05) is 33.8 Å². The summed E-state index contributed by atoms with van der Waals surface area (Å²) in [5, 5.41) is 29.7. The Morgan fingerprint density at radius 3 is 2.59 bits per heavy atom. The van der Waals surface area contributed by atoms with E-state index >= 15 is 0 Å². The Hall–Kier alpha value is -4.30. The predicted molar refractivity (Wildman–Crippen MR) is 145 cm³/mol. The van der Waals surface area contributed by atoms with Gasteiger partial charge in [0.15, 0.2) is 5.65 Å². The molecule has 37 heavy (non-hydrogen) atoms. The molecule has 8 nitrogen and oxygen atoms in total. The molecular weight excluding hydrogens is 462 g/mol. The van der Waals surface area contributed by atoms with Gasteiger partial charge in [0.2, 0.25) is 0 Å². The minimum absolute atomic E-state index is 0.264. The van der Waals surface area contributed by atoms with Crippen molar-refractivity contribution in [3.05, 3.63) is 89.5 Å². The van der Waals surface area contributed by atoms with Crippen LogP contribution in [0.4, 0.5) is 0 Å². The van der Waals surface area contributed by atoms with Gasteiger partial charge in [-0.15, -0.1) is 0 Å². The number of nitrogens with one attached hydrogen (secondary N) is 1. The molecule has 1 atom stereocenters. The lowest BCUT2D eigenvalue weighted by Crippen LogP contribution is -2.08. The van der Waals surface area contributed by atoms with Gasteiger partial charge in [0.25, 0.3) is 0 Å². The van der Waals surface area contributed by atoms with E-state index in [0.29, 0.717) is 6.54 Å². The second-order valence-electron chi connectivity index (χ2n) is 9.83. The second kappa shape index (κ2) is 8.97. The molecule has 0 fully saturated rings. The zero-order valence-corrected chi connectivity index (χ0v) is 21.3. The molecule has 0 aliphatic heterocycles. The highest BCUT2D eigenvalue weighted by atomic mass is 16.3. The first-order chi connectivity index (χ1) is 17.9. The Labute approximate surface area is 214 Å². The summed E-state index contributed by atoms with van der Waals surface area (Å²) in [5.74, 6) is 0.264. The number of aryl methyl sites for hydroxylation is 1. The Morgan fingerprint density at radius 1 is 1.00 bits per heavy atom. The molecule has 0 bridgehead atoms. The summed E-state index contributed by atoms with van der Waals surface area (Å²) in [7, 11) is 0. The van der Waals surface area contributed by atoms with Crippen LogP contribution in [0, 0.1) is 13.8 Å². The molecule has 4 heterocycles. The van der Waals surface area contributed by atoms with E-state index in [1.165, 1.54) is 5.56 Å². The highest BCUT2D eigenvalue weighted by Crippen LogP contribution is 2.36. The van der Waals surface area contributed by atoms with Crippen molar-refractivity contribution in [1.82, 2.24) is 34.7 Å². The molecule has 0 unspecified atom stereocenters. The van der Waals surface area contributed by atoms with Gasteiger partial charge >= 0.3 is 0 Å². The number of aromatic amines is 1. The van der Waals surface area contributed by atoms with Crippen LogP contribution in [0.3, 0.4) is 0 Å². The van der Waals surface area contributed by atoms with Gasteiger partial charge in [-0.1, -0.05) is 56.3 Å². The van der Waals surface area contributed by atoms with E-state index in [9.17, 15) is 5.11 Å². The Bertz CT molecular complexity index is 1730. The zero-order valence-electron chi connectivity index (χ0n) is 21.3. The third-order valence-electron chi connectivity index (χ3n) is 6.95. The summed E-state index contributed by atoms with van der Waals surface area (Å²) in [6, 6.07) is 17.9. The van der Waals surface area contributed by atoms with Crippen molar-refractivity contribution in [3.8, 4) is 16.9 Å². The summed E-state index contributed by atoms with van der Waals surface area (Å²) in [6.07, 6.45) is 3.16. The third kappa shape index (κ3) is 3.99. The average molecular weight is 492 g/mol. The highest BCUT2D eigenvalue weighted by Gasteiger charge is 2.23. The van der Waals surface area contributed by atoms with Crippen LogP contribution in [-0.2, 0) is 6.54 Å². The molecule has 186 valence electrons. The van der Waals surface area contributed by atoms with E-state index < -0.39 is 6.10 Å². The van der Waals surface area contributed by atoms with Crippen LogP contribution in [0.5, 0.6) is 0 Å². The van der Waals surface area contributed by atoms with Gasteiger partial charge in [-0.2, -0.15) is 15.3 Å². The van der Waals surface area contributed by atoms with Crippen LogP contribution in [0.15, 0.2) is 67.0 Å². The number of hydrogen-bond acceptors (Lipinski definition) is 5. The Kier molecular flexibility index (Phi) is 5.61. The van der Waals surface area contributed by atoms with E-state index in [2.05, 4.69) is 43.1 Å². The van der Waals surface area contributed by atoms with Crippen LogP contribution in [-0.4, -0.2) is 39.8 Å². The lowest BCUT2D eigenvalue weighted by atomic mass is 9.95. The van der Waals surface area contributed by atoms with Crippen molar-refractivity contribution < 1.29 is 5.11 Å². The minimum atomic E-state index is -0.639. The van der Waals surface area contributed by atoms with Gasteiger partial charge < -0.3 is 5.11 Å². The number of fused-ring (bicyclic) bond motifs is 2. The molecule has 8 heteroatoms. The number of hydrogen-bond donors (Lipinski definition) is 2. The summed E-state index contributed by atoms with van der Waals surface area (Å²) in [4.78, 5) is 4.70. The maximum absolute atomic E-state index is 10.8. The van der Waals surface area contributed by atoms with Crippen molar-refractivity contribution in [2.24, 2.45) is 0 Å². The number of H-pyrrole nitrogens is 1. The number of aliphatic hydroxyl groups is 1. The lowest BCUT2D eigenvalue weighted by molar-refractivity contribution is 0.152. The Morgan fingerprint density at radius 2 is 1.81 bits per heavy atom. The number of nitrogens with zero attached hydrogens (tertiary/aromatic N) is 6. The van der Waals surface area contributed by atoms with Gasteiger partial charge in [0.05, 0.1) is 41.4 Å². The fraction of sp³-hybridized carbons (Fsp3) is 0.241. The number of benzene rings is 2. The molecule has 2 aromatic carbocycles. The fourth-order valence-electron chi connectivity index (χ4n) is 5.16. The van der Waals surface area contributed by atoms with Gasteiger partial charge in [-0.3, -0.25) is 9.78 Å². The molecule has 0 aliphatic rings. The van der Waals surface area contributed by atoms with Crippen molar-refractivity contribution in [3.63, 3.8) is 0 Å². The maximum Gasteiger partial charge on any atom is 0.155 e. The summed E-state index contributed by atoms with van der Waals surface area (Å²) in [6.45, 7) is 8.88. The van der Waals surface area contributed by atoms with Gasteiger partial charge in [0.1, 0.15) is 0 Å². The molecule has 0 saturated carbocycles. The van der Waals surface area contributed by atoms with Crippen molar-refractivity contribution in [2.75, 3.05) is 0 Å². The first-order valence-corrected chi connectivity index (χ1v) is 12.5.